The number of aryl methyl sites for hydroxylation is 1. The van der Waals surface area contributed by atoms with Crippen LogP contribution in [0, 0.1) is 0 Å². The normalized spacial score (nSPS) is 14.2. The van der Waals surface area contributed by atoms with E-state index < -0.39 is 0 Å². The number of rotatable bonds is 4. The summed E-state index contributed by atoms with van der Waals surface area (Å²) in [6.45, 7) is 6.69. The minimum Gasteiger partial charge on any atom is -0.309 e. The van der Waals surface area contributed by atoms with E-state index in [0.717, 1.165) is 37.2 Å². The van der Waals surface area contributed by atoms with Gasteiger partial charge in [0.2, 0.25) is 5.91 Å². The van der Waals surface area contributed by atoms with E-state index in [1.54, 1.807) is 15.4 Å². The van der Waals surface area contributed by atoms with Gasteiger partial charge in [-0.05, 0) is 25.0 Å². The summed E-state index contributed by atoms with van der Waals surface area (Å²) in [5.41, 5.74) is 0.405. The van der Waals surface area contributed by atoms with E-state index in [2.05, 4.69) is 41.3 Å². The molecule has 30 heavy (non-hydrogen) atoms. The first-order valence-corrected chi connectivity index (χ1v) is 10.3. The first-order valence-electron chi connectivity index (χ1n) is 10.3. The Kier molecular flexibility index (Phi) is 5.27. The summed E-state index contributed by atoms with van der Waals surface area (Å²) < 4.78 is 4.56. The lowest BCUT2D eigenvalue weighted by atomic mass is 9.92. The predicted octanol–water partition coefficient (Wildman–Crippen LogP) is 2.29. The third kappa shape index (κ3) is 4.05. The van der Waals surface area contributed by atoms with Gasteiger partial charge in [0, 0.05) is 30.6 Å². The highest BCUT2D eigenvalue weighted by atomic mass is 16.2. The first-order chi connectivity index (χ1) is 14.3. The standard InChI is InChI=1S/C21H27N7O2/c1-21(2,3)15-13-18(28(24-15)16-9-6-7-11-22-16)23-19(29)14-27-20(30)26-12-8-4-5-10-17(26)25-27/h6-7,9,11,13H,4-5,8,10,12,14H2,1-3H3,(H,23,29). The molecule has 0 aliphatic carbocycles. The van der Waals surface area contributed by atoms with E-state index in [9.17, 15) is 9.59 Å². The third-order valence-corrected chi connectivity index (χ3v) is 5.19. The summed E-state index contributed by atoms with van der Waals surface area (Å²) in [6, 6.07) is 7.36. The van der Waals surface area contributed by atoms with Crippen LogP contribution in [-0.2, 0) is 29.7 Å². The molecule has 4 heterocycles. The van der Waals surface area contributed by atoms with E-state index in [4.69, 9.17) is 0 Å². The Hall–Kier alpha value is -3.23. The van der Waals surface area contributed by atoms with E-state index in [0.29, 0.717) is 18.2 Å². The number of hydrogen-bond acceptors (Lipinski definition) is 5. The van der Waals surface area contributed by atoms with Crippen molar-refractivity contribution >= 4 is 11.7 Å². The number of hydrogen-bond donors (Lipinski definition) is 1. The SMILES string of the molecule is CC(C)(C)c1cc(NC(=O)Cn2nc3n(c2=O)CCCCC3)n(-c2ccccn2)n1. The quantitative estimate of drug-likeness (QED) is 0.713. The molecule has 0 saturated heterocycles. The smallest absolute Gasteiger partial charge is 0.309 e. The highest BCUT2D eigenvalue weighted by molar-refractivity contribution is 5.90. The van der Waals surface area contributed by atoms with Crippen LogP contribution in [0.3, 0.4) is 0 Å². The Morgan fingerprint density at radius 2 is 2.00 bits per heavy atom. The maximum Gasteiger partial charge on any atom is 0.346 e. The van der Waals surface area contributed by atoms with Crippen LogP contribution in [0.5, 0.6) is 0 Å². The van der Waals surface area contributed by atoms with Gasteiger partial charge in [0.25, 0.3) is 0 Å². The molecule has 0 spiro atoms. The summed E-state index contributed by atoms with van der Waals surface area (Å²) >= 11 is 0. The number of aromatic nitrogens is 6. The molecule has 158 valence electrons. The predicted molar refractivity (Wildman–Crippen MR) is 113 cm³/mol. The van der Waals surface area contributed by atoms with Gasteiger partial charge in [-0.25, -0.2) is 14.5 Å². The van der Waals surface area contributed by atoms with Crippen molar-refractivity contribution in [1.29, 1.82) is 0 Å². The van der Waals surface area contributed by atoms with E-state index in [1.165, 1.54) is 4.68 Å². The summed E-state index contributed by atoms with van der Waals surface area (Å²) in [6.07, 6.45) is 5.52. The van der Waals surface area contributed by atoms with Crippen molar-refractivity contribution in [2.45, 2.75) is 65.0 Å². The average Bonchev–Trinajstić information content (AvgIpc) is 3.15. The molecule has 9 heteroatoms. The van der Waals surface area contributed by atoms with Crippen molar-refractivity contribution in [1.82, 2.24) is 29.1 Å². The van der Waals surface area contributed by atoms with Gasteiger partial charge in [-0.3, -0.25) is 9.36 Å². The van der Waals surface area contributed by atoms with Crippen LogP contribution in [0.25, 0.3) is 5.82 Å². The number of nitrogens with zero attached hydrogens (tertiary/aromatic N) is 6. The summed E-state index contributed by atoms with van der Waals surface area (Å²) in [4.78, 5) is 29.8. The number of nitrogens with one attached hydrogen (secondary N) is 1. The second kappa shape index (κ2) is 7.89. The highest BCUT2D eigenvalue weighted by Crippen LogP contribution is 2.25. The molecular formula is C21H27N7O2. The summed E-state index contributed by atoms with van der Waals surface area (Å²) in [7, 11) is 0. The number of fused-ring (bicyclic) bond motifs is 1. The minimum absolute atomic E-state index is 0.142. The van der Waals surface area contributed by atoms with Crippen LogP contribution in [0.15, 0.2) is 35.3 Å². The minimum atomic E-state index is -0.331. The molecular weight excluding hydrogens is 382 g/mol. The van der Waals surface area contributed by atoms with E-state index >= 15 is 0 Å². The Balaban J connectivity index is 1.59. The monoisotopic (exact) mass is 409 g/mol. The molecule has 0 radical (unpaired) electrons. The van der Waals surface area contributed by atoms with Crippen LogP contribution in [0.2, 0.25) is 0 Å². The fraction of sp³-hybridized carbons (Fsp3) is 0.476. The molecule has 3 aromatic rings. The first kappa shape index (κ1) is 20.1. The molecule has 0 fully saturated rings. The maximum absolute atomic E-state index is 12.8. The molecule has 1 amide bonds. The van der Waals surface area contributed by atoms with Gasteiger partial charge in [-0.2, -0.15) is 14.9 Å². The number of amides is 1. The van der Waals surface area contributed by atoms with Crippen molar-refractivity contribution in [3.8, 4) is 5.82 Å². The number of anilines is 1. The van der Waals surface area contributed by atoms with Crippen molar-refractivity contribution in [3.05, 3.63) is 52.5 Å². The van der Waals surface area contributed by atoms with Crippen LogP contribution >= 0.6 is 0 Å². The van der Waals surface area contributed by atoms with E-state index in [1.807, 2.05) is 24.3 Å². The molecule has 4 rings (SSSR count). The van der Waals surface area contributed by atoms with E-state index in [-0.39, 0.29) is 23.6 Å². The second-order valence-electron chi connectivity index (χ2n) is 8.63. The second-order valence-corrected chi connectivity index (χ2v) is 8.63. The van der Waals surface area contributed by atoms with Gasteiger partial charge in [-0.1, -0.05) is 33.3 Å². The van der Waals surface area contributed by atoms with Gasteiger partial charge in [-0.15, -0.1) is 0 Å². The van der Waals surface area contributed by atoms with Gasteiger partial charge in [0.05, 0.1) is 5.69 Å². The summed E-state index contributed by atoms with van der Waals surface area (Å²) in [5, 5.41) is 11.9. The number of pyridine rings is 1. The average molecular weight is 409 g/mol. The molecule has 0 bridgehead atoms. The van der Waals surface area contributed by atoms with Crippen LogP contribution in [0.1, 0.15) is 51.6 Å². The van der Waals surface area contributed by atoms with Gasteiger partial charge >= 0.3 is 5.69 Å². The zero-order valence-electron chi connectivity index (χ0n) is 17.6. The van der Waals surface area contributed by atoms with Gasteiger partial charge in [0.15, 0.2) is 5.82 Å². The number of carbonyl (C=O) groups is 1. The molecule has 1 aliphatic heterocycles. The maximum atomic E-state index is 12.8. The molecule has 1 aliphatic rings. The van der Waals surface area contributed by atoms with Gasteiger partial charge in [0.1, 0.15) is 18.2 Å². The van der Waals surface area contributed by atoms with Crippen molar-refractivity contribution < 1.29 is 4.79 Å². The summed E-state index contributed by atoms with van der Waals surface area (Å²) in [5.74, 6) is 1.55. The third-order valence-electron chi connectivity index (χ3n) is 5.19. The Morgan fingerprint density at radius 3 is 2.73 bits per heavy atom. The van der Waals surface area contributed by atoms with Crippen LogP contribution in [-0.4, -0.2) is 35.0 Å². The lowest BCUT2D eigenvalue weighted by Crippen LogP contribution is -2.30. The fourth-order valence-corrected chi connectivity index (χ4v) is 3.54. The van der Waals surface area contributed by atoms with Crippen LogP contribution < -0.4 is 11.0 Å². The van der Waals surface area contributed by atoms with Gasteiger partial charge < -0.3 is 5.32 Å². The Bertz CT molecular complexity index is 1100. The molecule has 3 aromatic heterocycles. The molecule has 0 aromatic carbocycles. The lowest BCUT2D eigenvalue weighted by molar-refractivity contribution is -0.117. The zero-order chi connectivity index (χ0) is 21.3. The van der Waals surface area contributed by atoms with Crippen molar-refractivity contribution in [2.75, 3.05) is 5.32 Å². The molecule has 1 N–H and O–H groups in total. The fourth-order valence-electron chi connectivity index (χ4n) is 3.54. The highest BCUT2D eigenvalue weighted by Gasteiger charge is 2.23. The lowest BCUT2D eigenvalue weighted by Gasteiger charge is -2.13. The molecule has 0 saturated carbocycles. The largest absolute Gasteiger partial charge is 0.346 e. The van der Waals surface area contributed by atoms with Crippen LogP contribution in [0.4, 0.5) is 5.82 Å². The topological polar surface area (TPSA) is 99.6 Å². The van der Waals surface area contributed by atoms with Crippen molar-refractivity contribution in [3.63, 3.8) is 0 Å². The molecule has 0 unspecified atom stereocenters. The van der Waals surface area contributed by atoms with Crippen molar-refractivity contribution in [2.24, 2.45) is 0 Å². The number of carbonyl (C=O) groups excluding carboxylic acids is 1. The Morgan fingerprint density at radius 1 is 1.17 bits per heavy atom. The Labute approximate surface area is 174 Å². The molecule has 0 atom stereocenters. The zero-order valence-corrected chi connectivity index (χ0v) is 17.6. The molecule has 9 nitrogen and oxygen atoms in total.